The van der Waals surface area contributed by atoms with Crippen LogP contribution in [0.3, 0.4) is 0 Å². The number of thiazole rings is 1. The fraction of sp³-hybridized carbons (Fsp3) is 0.176. The lowest BCUT2D eigenvalue weighted by atomic mass is 10.2. The van der Waals surface area contributed by atoms with E-state index in [2.05, 4.69) is 15.0 Å². The number of hydrogen-bond acceptors (Lipinski definition) is 8. The highest BCUT2D eigenvalue weighted by atomic mass is 35.5. The number of nitrogens with one attached hydrogen (secondary N) is 1. The molecule has 140 valence electrons. The average Bonchev–Trinajstić information content (AvgIpc) is 3.25. The van der Waals surface area contributed by atoms with Crippen molar-refractivity contribution >= 4 is 56.9 Å². The number of fused-ring (bicyclic) bond motifs is 1. The van der Waals surface area contributed by atoms with E-state index >= 15 is 0 Å². The topological polar surface area (TPSA) is 108 Å². The van der Waals surface area contributed by atoms with Gasteiger partial charge in [-0.3, -0.25) is 14.9 Å². The van der Waals surface area contributed by atoms with Gasteiger partial charge in [0, 0.05) is 15.8 Å². The predicted molar refractivity (Wildman–Crippen MR) is 98.0 cm³/mol. The van der Waals surface area contributed by atoms with Crippen LogP contribution in [0.2, 0.25) is 5.02 Å². The maximum Gasteiger partial charge on any atom is 0.374 e. The first-order valence-corrected chi connectivity index (χ1v) is 8.87. The summed E-state index contributed by atoms with van der Waals surface area (Å²) in [6.07, 6.45) is 0.00786. The summed E-state index contributed by atoms with van der Waals surface area (Å²) in [4.78, 5) is 39.2. The van der Waals surface area contributed by atoms with Gasteiger partial charge in [-0.05, 0) is 24.3 Å². The molecule has 1 N–H and O–H groups in total. The second-order valence-corrected chi connectivity index (χ2v) is 6.61. The number of carbonyl (C=O) groups is 3. The van der Waals surface area contributed by atoms with Gasteiger partial charge >= 0.3 is 11.9 Å². The molecule has 27 heavy (non-hydrogen) atoms. The van der Waals surface area contributed by atoms with Crippen LogP contribution < -0.4 is 5.32 Å². The molecule has 0 aliphatic carbocycles. The Bertz CT molecular complexity index is 1010. The van der Waals surface area contributed by atoms with Crippen molar-refractivity contribution in [1.82, 2.24) is 4.98 Å². The number of carbonyl (C=O) groups excluding carboxylic acids is 3. The quantitative estimate of drug-likeness (QED) is 0.624. The normalized spacial score (nSPS) is 10.6. The van der Waals surface area contributed by atoms with Crippen molar-refractivity contribution < 1.29 is 28.3 Å². The van der Waals surface area contributed by atoms with Gasteiger partial charge in [-0.1, -0.05) is 11.6 Å². The molecular weight excluding hydrogens is 396 g/mol. The van der Waals surface area contributed by atoms with Crippen molar-refractivity contribution in [2.75, 3.05) is 19.0 Å². The number of hydrogen-bond donors (Lipinski definition) is 1. The van der Waals surface area contributed by atoms with Gasteiger partial charge in [0.1, 0.15) is 5.58 Å². The Labute approximate surface area is 162 Å². The molecule has 10 heteroatoms. The molecule has 0 saturated carbocycles. The van der Waals surface area contributed by atoms with E-state index in [9.17, 15) is 14.4 Å². The molecule has 1 aromatic carbocycles. The highest BCUT2D eigenvalue weighted by Crippen LogP contribution is 2.23. The second kappa shape index (κ2) is 8.19. The molecule has 0 radical (unpaired) electrons. The molecular formula is C17H13ClN2O6S. The van der Waals surface area contributed by atoms with E-state index in [1.165, 1.54) is 13.2 Å². The van der Waals surface area contributed by atoms with Gasteiger partial charge in [0.05, 0.1) is 19.2 Å². The number of furan rings is 1. The van der Waals surface area contributed by atoms with Gasteiger partial charge in [-0.15, -0.1) is 11.3 Å². The van der Waals surface area contributed by atoms with Crippen molar-refractivity contribution in [2.24, 2.45) is 0 Å². The number of halogens is 1. The van der Waals surface area contributed by atoms with Crippen molar-refractivity contribution in [1.29, 1.82) is 0 Å². The molecule has 0 atom stereocenters. The molecule has 1 amide bonds. The third-order valence-electron chi connectivity index (χ3n) is 3.37. The summed E-state index contributed by atoms with van der Waals surface area (Å²) in [7, 11) is 1.28. The number of ether oxygens (including phenoxy) is 2. The van der Waals surface area contributed by atoms with Crippen LogP contribution in [0.5, 0.6) is 0 Å². The second-order valence-electron chi connectivity index (χ2n) is 5.31. The molecule has 0 bridgehead atoms. The lowest BCUT2D eigenvalue weighted by Crippen LogP contribution is -2.20. The third-order valence-corrected chi connectivity index (χ3v) is 4.41. The average molecular weight is 409 g/mol. The van der Waals surface area contributed by atoms with Gasteiger partial charge in [0.15, 0.2) is 11.7 Å². The number of benzene rings is 1. The first kappa shape index (κ1) is 18.9. The van der Waals surface area contributed by atoms with Crippen LogP contribution in [-0.4, -0.2) is 36.5 Å². The summed E-state index contributed by atoms with van der Waals surface area (Å²) in [5.41, 5.74) is 0.955. The summed E-state index contributed by atoms with van der Waals surface area (Å²) < 4.78 is 14.8. The van der Waals surface area contributed by atoms with Gasteiger partial charge < -0.3 is 13.9 Å². The molecule has 3 rings (SSSR count). The standard InChI is InChI=1S/C17H13ClN2O6S/c1-24-15(22)6-11-8-27-17(19-11)20-14(21)7-25-16(23)13-5-9-4-10(18)2-3-12(9)26-13/h2-5,8H,6-7H2,1H3,(H,19,20,21). The van der Waals surface area contributed by atoms with Gasteiger partial charge in [-0.2, -0.15) is 0 Å². The zero-order chi connectivity index (χ0) is 19.4. The van der Waals surface area contributed by atoms with Crippen LogP contribution in [0.1, 0.15) is 16.2 Å². The van der Waals surface area contributed by atoms with E-state index in [4.69, 9.17) is 20.8 Å². The Morgan fingerprint density at radius 3 is 2.89 bits per heavy atom. The number of amides is 1. The van der Waals surface area contributed by atoms with E-state index in [0.29, 0.717) is 21.7 Å². The molecule has 0 unspecified atom stereocenters. The molecule has 2 heterocycles. The van der Waals surface area contributed by atoms with Crippen LogP contribution in [-0.2, 0) is 25.5 Å². The largest absolute Gasteiger partial charge is 0.469 e. The Morgan fingerprint density at radius 1 is 1.30 bits per heavy atom. The highest BCUT2D eigenvalue weighted by Gasteiger charge is 2.16. The molecule has 0 spiro atoms. The minimum Gasteiger partial charge on any atom is -0.469 e. The van der Waals surface area contributed by atoms with E-state index in [0.717, 1.165) is 11.3 Å². The monoisotopic (exact) mass is 408 g/mol. The van der Waals surface area contributed by atoms with Crippen LogP contribution in [0, 0.1) is 0 Å². The number of anilines is 1. The highest BCUT2D eigenvalue weighted by molar-refractivity contribution is 7.13. The molecule has 3 aromatic rings. The number of aromatic nitrogens is 1. The molecule has 0 fully saturated rings. The Morgan fingerprint density at radius 2 is 2.11 bits per heavy atom. The number of esters is 2. The van der Waals surface area contributed by atoms with E-state index in [-0.39, 0.29) is 17.3 Å². The van der Waals surface area contributed by atoms with Gasteiger partial charge in [0.2, 0.25) is 5.76 Å². The Hall–Kier alpha value is -2.91. The first-order chi connectivity index (χ1) is 12.9. The molecule has 0 aliphatic rings. The number of methoxy groups -OCH3 is 1. The summed E-state index contributed by atoms with van der Waals surface area (Å²) in [6.45, 7) is -0.511. The maximum absolute atomic E-state index is 12.0. The van der Waals surface area contributed by atoms with Crippen LogP contribution in [0.25, 0.3) is 11.0 Å². The third kappa shape index (κ3) is 4.83. The first-order valence-electron chi connectivity index (χ1n) is 7.62. The summed E-state index contributed by atoms with van der Waals surface area (Å²) >= 11 is 7.03. The molecule has 8 nitrogen and oxygen atoms in total. The minimum atomic E-state index is -0.775. The smallest absolute Gasteiger partial charge is 0.374 e. The van der Waals surface area contributed by atoms with Crippen molar-refractivity contribution in [3.8, 4) is 0 Å². The Balaban J connectivity index is 1.53. The predicted octanol–water partition coefficient (Wildman–Crippen LogP) is 3.05. The van der Waals surface area contributed by atoms with Crippen LogP contribution in [0.15, 0.2) is 34.1 Å². The van der Waals surface area contributed by atoms with Crippen LogP contribution >= 0.6 is 22.9 Å². The number of rotatable bonds is 6. The summed E-state index contributed by atoms with van der Waals surface area (Å²) in [6, 6.07) is 6.41. The zero-order valence-electron chi connectivity index (χ0n) is 14.0. The van der Waals surface area contributed by atoms with Crippen LogP contribution in [0.4, 0.5) is 5.13 Å². The lowest BCUT2D eigenvalue weighted by Gasteiger charge is -2.02. The summed E-state index contributed by atoms with van der Waals surface area (Å²) in [5.74, 6) is -1.81. The van der Waals surface area contributed by atoms with E-state index in [1.807, 2.05) is 0 Å². The van der Waals surface area contributed by atoms with Gasteiger partial charge in [-0.25, -0.2) is 9.78 Å². The molecule has 0 aliphatic heterocycles. The van der Waals surface area contributed by atoms with E-state index in [1.54, 1.807) is 23.6 Å². The minimum absolute atomic E-state index is 0.00786. The SMILES string of the molecule is COC(=O)Cc1csc(NC(=O)COC(=O)c2cc3cc(Cl)ccc3o2)n1. The van der Waals surface area contributed by atoms with Gasteiger partial charge in [0.25, 0.3) is 5.91 Å². The lowest BCUT2D eigenvalue weighted by molar-refractivity contribution is -0.139. The molecule has 2 aromatic heterocycles. The zero-order valence-corrected chi connectivity index (χ0v) is 15.6. The number of nitrogens with zero attached hydrogens (tertiary/aromatic N) is 1. The van der Waals surface area contributed by atoms with E-state index < -0.39 is 24.5 Å². The Kier molecular flexibility index (Phi) is 5.72. The summed E-state index contributed by atoms with van der Waals surface area (Å²) in [5, 5.41) is 5.56. The molecule has 0 saturated heterocycles. The fourth-order valence-electron chi connectivity index (χ4n) is 2.14. The van der Waals surface area contributed by atoms with Crippen molar-refractivity contribution in [3.05, 3.63) is 46.1 Å². The van der Waals surface area contributed by atoms with Crippen molar-refractivity contribution in [3.63, 3.8) is 0 Å². The maximum atomic E-state index is 12.0. The fourth-order valence-corrected chi connectivity index (χ4v) is 3.04. The van der Waals surface area contributed by atoms with Crippen molar-refractivity contribution in [2.45, 2.75) is 6.42 Å².